The van der Waals surface area contributed by atoms with Crippen LogP contribution in [0.2, 0.25) is 0 Å². The van der Waals surface area contributed by atoms with E-state index in [0.29, 0.717) is 12.1 Å². The summed E-state index contributed by atoms with van der Waals surface area (Å²) in [6.45, 7) is 11.5. The minimum atomic E-state index is -0.655. The largest absolute Gasteiger partial charge is 0.454 e. The highest BCUT2D eigenvalue weighted by molar-refractivity contribution is 5.96. The van der Waals surface area contributed by atoms with Crippen LogP contribution in [-0.4, -0.2) is 54.7 Å². The predicted molar refractivity (Wildman–Crippen MR) is 126 cm³/mol. The molecule has 182 valence electrons. The first kappa shape index (κ1) is 23.1. The van der Waals surface area contributed by atoms with Crippen molar-refractivity contribution in [2.45, 2.75) is 65.4 Å². The number of hydrogen-bond acceptors (Lipinski definition) is 7. The van der Waals surface area contributed by atoms with Gasteiger partial charge in [-0.1, -0.05) is 12.1 Å². The molecule has 3 aliphatic rings. The van der Waals surface area contributed by atoms with Crippen molar-refractivity contribution in [1.82, 2.24) is 4.90 Å². The third kappa shape index (κ3) is 3.85. The molecule has 3 atom stereocenters. The first-order valence-corrected chi connectivity index (χ1v) is 12.0. The number of cyclic esters (lactones) is 1. The van der Waals surface area contributed by atoms with Crippen molar-refractivity contribution in [3.8, 4) is 11.5 Å². The molecule has 3 heterocycles. The van der Waals surface area contributed by atoms with Crippen molar-refractivity contribution >= 4 is 5.97 Å². The predicted octanol–water partition coefficient (Wildman–Crippen LogP) is 3.94. The smallest absolute Gasteiger partial charge is 0.339 e. The number of esters is 1. The van der Waals surface area contributed by atoms with Gasteiger partial charge in [0.1, 0.15) is 6.10 Å². The van der Waals surface area contributed by atoms with Gasteiger partial charge in [0.2, 0.25) is 6.79 Å². The van der Waals surface area contributed by atoms with Crippen molar-refractivity contribution in [1.29, 1.82) is 0 Å². The van der Waals surface area contributed by atoms with Crippen LogP contribution in [-0.2, 0) is 15.9 Å². The van der Waals surface area contributed by atoms with Gasteiger partial charge in [-0.2, -0.15) is 0 Å². The van der Waals surface area contributed by atoms with Crippen molar-refractivity contribution in [3.63, 3.8) is 0 Å². The zero-order valence-electron chi connectivity index (χ0n) is 20.5. The summed E-state index contributed by atoms with van der Waals surface area (Å²) in [4.78, 5) is 15.3. The zero-order chi connectivity index (χ0) is 24.1. The van der Waals surface area contributed by atoms with Crippen LogP contribution in [0.5, 0.6) is 11.5 Å². The summed E-state index contributed by atoms with van der Waals surface area (Å²) in [5.74, 6) is 1.23. The van der Waals surface area contributed by atoms with E-state index in [0.717, 1.165) is 52.3 Å². The number of fused-ring (bicyclic) bond motifs is 3. The lowest BCUT2D eigenvalue weighted by molar-refractivity contribution is -0.0360. The van der Waals surface area contributed by atoms with Gasteiger partial charge in [-0.05, 0) is 69.4 Å². The molecule has 34 heavy (non-hydrogen) atoms. The summed E-state index contributed by atoms with van der Waals surface area (Å²) in [6, 6.07) is 5.88. The van der Waals surface area contributed by atoms with Crippen LogP contribution in [0.1, 0.15) is 69.7 Å². The number of aliphatic hydroxyl groups excluding tert-OH is 1. The Bertz CT molecular complexity index is 1130. The lowest BCUT2D eigenvalue weighted by Gasteiger charge is -2.41. The number of aliphatic hydroxyl groups is 1. The molecule has 2 aromatic rings. The molecular formula is C27H33NO6. The summed E-state index contributed by atoms with van der Waals surface area (Å²) in [5.41, 5.74) is 6.86. The number of benzene rings is 2. The first-order chi connectivity index (χ1) is 16.3. The quantitative estimate of drug-likeness (QED) is 0.645. The fraction of sp³-hybridized carbons (Fsp3) is 0.519. The Hall–Kier alpha value is -2.61. The second kappa shape index (κ2) is 8.87. The molecule has 3 aliphatic heterocycles. The molecule has 2 aromatic carbocycles. The summed E-state index contributed by atoms with van der Waals surface area (Å²) in [7, 11) is 0. The van der Waals surface area contributed by atoms with E-state index < -0.39 is 12.2 Å². The molecule has 0 bridgehead atoms. The van der Waals surface area contributed by atoms with Crippen molar-refractivity contribution in [3.05, 3.63) is 57.1 Å². The van der Waals surface area contributed by atoms with Gasteiger partial charge in [-0.3, -0.25) is 4.90 Å². The van der Waals surface area contributed by atoms with Crippen LogP contribution >= 0.6 is 0 Å². The average Bonchev–Trinajstić information content (AvgIpc) is 3.40. The van der Waals surface area contributed by atoms with Gasteiger partial charge in [-0.25, -0.2) is 4.79 Å². The van der Waals surface area contributed by atoms with E-state index in [-0.39, 0.29) is 31.5 Å². The van der Waals surface area contributed by atoms with Crippen LogP contribution in [0.25, 0.3) is 0 Å². The fourth-order valence-electron chi connectivity index (χ4n) is 5.48. The van der Waals surface area contributed by atoms with Crippen LogP contribution in [0.4, 0.5) is 0 Å². The Morgan fingerprint density at radius 3 is 2.74 bits per heavy atom. The minimum absolute atomic E-state index is 0.0448. The Kier molecular flexibility index (Phi) is 6.04. The van der Waals surface area contributed by atoms with E-state index in [9.17, 15) is 9.90 Å². The van der Waals surface area contributed by atoms with E-state index in [4.69, 9.17) is 18.9 Å². The van der Waals surface area contributed by atoms with Crippen molar-refractivity contribution < 1.29 is 28.8 Å². The van der Waals surface area contributed by atoms with E-state index in [1.165, 1.54) is 5.56 Å². The Labute approximate surface area is 200 Å². The summed E-state index contributed by atoms with van der Waals surface area (Å²) in [5, 5.41) is 10.8. The van der Waals surface area contributed by atoms with Gasteiger partial charge < -0.3 is 24.1 Å². The molecule has 0 amide bonds. The molecule has 7 heteroatoms. The van der Waals surface area contributed by atoms with Crippen LogP contribution in [0.15, 0.2) is 18.2 Å². The second-order valence-electron chi connectivity index (χ2n) is 9.83. The van der Waals surface area contributed by atoms with Gasteiger partial charge >= 0.3 is 5.97 Å². The highest BCUT2D eigenvalue weighted by Gasteiger charge is 2.45. The molecule has 1 unspecified atom stereocenters. The summed E-state index contributed by atoms with van der Waals surface area (Å²) >= 11 is 0. The third-order valence-corrected chi connectivity index (χ3v) is 7.26. The average molecular weight is 468 g/mol. The molecule has 7 nitrogen and oxygen atoms in total. The Morgan fingerprint density at radius 1 is 1.18 bits per heavy atom. The Balaban J connectivity index is 1.58. The number of hydrogen-bond donors (Lipinski definition) is 1. The molecule has 0 spiro atoms. The van der Waals surface area contributed by atoms with E-state index >= 15 is 0 Å². The van der Waals surface area contributed by atoms with Gasteiger partial charge in [0.25, 0.3) is 0 Å². The standard InChI is InChI=1S/C27H33NO6/c1-14(2)31-12-19(29)11-28-9-8-18-10-21-25(33-13-32-21)17(5)22(18)24(28)26-20-7-6-15(3)16(4)23(20)27(30)34-26/h6-7,10,14,19,24,26,29H,8-9,11-13H2,1-5H3/t19?,24-,26+/m1/s1. The summed E-state index contributed by atoms with van der Waals surface area (Å²) < 4.78 is 23.2. The molecular weight excluding hydrogens is 434 g/mol. The van der Waals surface area contributed by atoms with Gasteiger partial charge in [0.15, 0.2) is 11.5 Å². The highest BCUT2D eigenvalue weighted by Crippen LogP contribution is 2.51. The highest BCUT2D eigenvalue weighted by atomic mass is 16.7. The molecule has 1 N–H and O–H groups in total. The van der Waals surface area contributed by atoms with Crippen molar-refractivity contribution in [2.24, 2.45) is 0 Å². The van der Waals surface area contributed by atoms with Gasteiger partial charge in [0, 0.05) is 24.2 Å². The Morgan fingerprint density at radius 2 is 1.97 bits per heavy atom. The number of carbonyl (C=O) groups excluding carboxylic acids is 1. The molecule has 0 aliphatic carbocycles. The van der Waals surface area contributed by atoms with Crippen LogP contribution < -0.4 is 9.47 Å². The lowest BCUT2D eigenvalue weighted by atomic mass is 9.82. The van der Waals surface area contributed by atoms with E-state index in [2.05, 4.69) is 17.0 Å². The van der Waals surface area contributed by atoms with Crippen LogP contribution in [0, 0.1) is 20.8 Å². The number of β-amino-alcohol motifs (C(OH)–C–C–N with tert-alkyl or cyclic N) is 1. The van der Waals surface area contributed by atoms with Gasteiger partial charge in [0.05, 0.1) is 30.4 Å². The number of aryl methyl sites for hydroxylation is 1. The number of rotatable bonds is 6. The van der Waals surface area contributed by atoms with Gasteiger partial charge in [-0.15, -0.1) is 0 Å². The molecule has 0 aromatic heterocycles. The zero-order valence-corrected chi connectivity index (χ0v) is 20.5. The second-order valence-corrected chi connectivity index (χ2v) is 9.83. The molecule has 5 rings (SSSR count). The molecule has 0 radical (unpaired) electrons. The van der Waals surface area contributed by atoms with Crippen molar-refractivity contribution in [2.75, 3.05) is 26.5 Å². The normalized spacial score (nSPS) is 22.0. The minimum Gasteiger partial charge on any atom is -0.454 e. The number of ether oxygens (including phenoxy) is 4. The maximum absolute atomic E-state index is 13.0. The summed E-state index contributed by atoms with van der Waals surface area (Å²) in [6.07, 6.45) is -0.278. The lowest BCUT2D eigenvalue weighted by Crippen LogP contribution is -2.44. The maximum atomic E-state index is 13.0. The monoisotopic (exact) mass is 467 g/mol. The third-order valence-electron chi connectivity index (χ3n) is 7.26. The molecule has 0 saturated heterocycles. The van der Waals surface area contributed by atoms with Crippen LogP contribution in [0.3, 0.4) is 0 Å². The first-order valence-electron chi connectivity index (χ1n) is 12.0. The maximum Gasteiger partial charge on any atom is 0.339 e. The molecule has 0 saturated carbocycles. The SMILES string of the molecule is Cc1ccc2c(c1C)C(=O)O[C@@H]2[C@H]1c2c(cc3c(c2C)OCO3)CCN1CC(O)COC(C)C. The topological polar surface area (TPSA) is 77.5 Å². The van der Waals surface area contributed by atoms with E-state index in [1.807, 2.05) is 40.7 Å². The number of carbonyl (C=O) groups is 1. The molecule has 0 fully saturated rings. The van der Waals surface area contributed by atoms with E-state index in [1.54, 1.807) is 0 Å². The number of nitrogens with zero attached hydrogens (tertiary/aromatic N) is 1. The fourth-order valence-corrected chi connectivity index (χ4v) is 5.48.